The van der Waals surface area contributed by atoms with E-state index in [0.29, 0.717) is 17.1 Å². The molecule has 0 saturated heterocycles. The molecule has 2 N–H and O–H groups in total. The van der Waals surface area contributed by atoms with E-state index in [9.17, 15) is 10.2 Å². The lowest BCUT2D eigenvalue weighted by atomic mass is 9.77. The van der Waals surface area contributed by atoms with Crippen LogP contribution in [0.15, 0.2) is 41.7 Å². The first kappa shape index (κ1) is 26.1. The number of benzene rings is 1. The Hall–Kier alpha value is -1.96. The molecule has 30 heavy (non-hydrogen) atoms. The summed E-state index contributed by atoms with van der Waals surface area (Å²) in [6, 6.07) is 4.15. The first-order valence-corrected chi connectivity index (χ1v) is 11.1. The second-order valence-corrected chi connectivity index (χ2v) is 11.7. The van der Waals surface area contributed by atoms with Gasteiger partial charge in [-0.05, 0) is 46.3 Å². The molecule has 0 fully saturated rings. The van der Waals surface area contributed by atoms with Crippen molar-refractivity contribution in [3.05, 3.63) is 58.4 Å². The van der Waals surface area contributed by atoms with E-state index in [-0.39, 0.29) is 27.8 Å². The molecule has 0 aromatic heterocycles. The third-order valence-electron chi connectivity index (χ3n) is 5.33. The SMILES string of the molecule is C\C=C(/C(O)=C(\C=C\C(C)C)c1cc(C(C)(C)C)cc(C(C)(C)C)c1O)C(C)(C)C. The lowest BCUT2D eigenvalue weighted by Gasteiger charge is -2.29. The summed E-state index contributed by atoms with van der Waals surface area (Å²) < 4.78 is 0. The minimum atomic E-state index is -0.226. The van der Waals surface area contributed by atoms with Gasteiger partial charge in [-0.25, -0.2) is 0 Å². The van der Waals surface area contributed by atoms with Gasteiger partial charge in [0.05, 0.1) is 0 Å². The van der Waals surface area contributed by atoms with Crippen molar-refractivity contribution in [3.63, 3.8) is 0 Å². The summed E-state index contributed by atoms with van der Waals surface area (Å²) >= 11 is 0. The first-order chi connectivity index (χ1) is 13.4. The molecular formula is C28H44O2. The van der Waals surface area contributed by atoms with Crippen LogP contribution in [-0.4, -0.2) is 10.2 Å². The van der Waals surface area contributed by atoms with Crippen molar-refractivity contribution in [2.75, 3.05) is 0 Å². The second kappa shape index (κ2) is 9.04. The standard InChI is InChI=1S/C28H44O2/c1-13-22(27(7,8)9)24(29)20(15-14-18(2)3)21-16-19(26(4,5)6)17-23(25(21)30)28(10,11)12/h13-18,29-30H,1-12H3/b15-14+,22-13+,24-20-. The van der Waals surface area contributed by atoms with Crippen LogP contribution in [0.2, 0.25) is 0 Å². The molecule has 0 bridgehead atoms. The summed E-state index contributed by atoms with van der Waals surface area (Å²) in [7, 11) is 0. The smallest absolute Gasteiger partial charge is 0.127 e. The number of aromatic hydroxyl groups is 1. The molecule has 0 amide bonds. The summed E-state index contributed by atoms with van der Waals surface area (Å²) in [5.41, 5.74) is 3.72. The largest absolute Gasteiger partial charge is 0.507 e. The molecule has 0 aliphatic heterocycles. The molecule has 0 atom stereocenters. The minimum Gasteiger partial charge on any atom is -0.507 e. The number of aliphatic hydroxyl groups excluding tert-OH is 1. The van der Waals surface area contributed by atoms with Gasteiger partial charge in [-0.15, -0.1) is 0 Å². The van der Waals surface area contributed by atoms with Crippen molar-refractivity contribution in [2.45, 2.75) is 93.9 Å². The van der Waals surface area contributed by atoms with E-state index in [4.69, 9.17) is 0 Å². The Bertz CT molecular complexity index is 842. The van der Waals surface area contributed by atoms with Crippen LogP contribution in [0.1, 0.15) is 99.8 Å². The van der Waals surface area contributed by atoms with E-state index < -0.39 is 0 Å². The zero-order chi connectivity index (χ0) is 23.7. The predicted octanol–water partition coefficient (Wildman–Crippen LogP) is 8.46. The van der Waals surface area contributed by atoms with E-state index >= 15 is 0 Å². The lowest BCUT2D eigenvalue weighted by Crippen LogP contribution is -2.18. The highest BCUT2D eigenvalue weighted by atomic mass is 16.3. The maximum absolute atomic E-state index is 11.4. The number of rotatable bonds is 4. The van der Waals surface area contributed by atoms with Gasteiger partial charge in [0, 0.05) is 16.7 Å². The van der Waals surface area contributed by atoms with Crippen molar-refractivity contribution in [2.24, 2.45) is 11.3 Å². The third kappa shape index (κ3) is 6.27. The Kier molecular flexibility index (Phi) is 7.86. The van der Waals surface area contributed by atoms with Crippen molar-refractivity contribution >= 4 is 5.57 Å². The second-order valence-electron chi connectivity index (χ2n) is 11.7. The fourth-order valence-corrected chi connectivity index (χ4v) is 3.50. The van der Waals surface area contributed by atoms with E-state index in [1.165, 1.54) is 0 Å². The highest BCUT2D eigenvalue weighted by Gasteiger charge is 2.28. The van der Waals surface area contributed by atoms with Gasteiger partial charge >= 0.3 is 0 Å². The quantitative estimate of drug-likeness (QED) is 0.384. The average molecular weight is 413 g/mol. The van der Waals surface area contributed by atoms with Crippen molar-refractivity contribution in [1.82, 2.24) is 0 Å². The van der Waals surface area contributed by atoms with Crippen LogP contribution in [0.3, 0.4) is 0 Å². The van der Waals surface area contributed by atoms with Crippen LogP contribution in [0.25, 0.3) is 5.57 Å². The average Bonchev–Trinajstić information content (AvgIpc) is 2.53. The summed E-state index contributed by atoms with van der Waals surface area (Å²) in [6.45, 7) is 25.3. The van der Waals surface area contributed by atoms with Crippen molar-refractivity contribution < 1.29 is 10.2 Å². The molecule has 0 aliphatic rings. The Morgan fingerprint density at radius 1 is 0.900 bits per heavy atom. The first-order valence-electron chi connectivity index (χ1n) is 11.1. The Balaban J connectivity index is 4.10. The fourth-order valence-electron chi connectivity index (χ4n) is 3.50. The highest BCUT2D eigenvalue weighted by molar-refractivity contribution is 5.83. The zero-order valence-corrected chi connectivity index (χ0v) is 21.4. The van der Waals surface area contributed by atoms with E-state index in [1.54, 1.807) is 0 Å². The monoisotopic (exact) mass is 412 g/mol. The number of hydrogen-bond donors (Lipinski definition) is 2. The number of phenols is 1. The molecule has 0 heterocycles. The molecular weight excluding hydrogens is 368 g/mol. The maximum atomic E-state index is 11.4. The summed E-state index contributed by atoms with van der Waals surface area (Å²) in [5, 5.41) is 22.8. The number of aliphatic hydroxyl groups is 1. The predicted molar refractivity (Wildman–Crippen MR) is 132 cm³/mol. The molecule has 2 heteroatoms. The van der Waals surface area contributed by atoms with Gasteiger partial charge in [0.1, 0.15) is 11.5 Å². The number of hydrogen-bond acceptors (Lipinski definition) is 2. The molecule has 0 radical (unpaired) electrons. The highest BCUT2D eigenvalue weighted by Crippen LogP contribution is 2.43. The molecule has 0 aliphatic carbocycles. The minimum absolute atomic E-state index is 0.0849. The molecule has 1 aromatic carbocycles. The van der Waals surface area contributed by atoms with Crippen LogP contribution < -0.4 is 0 Å². The van der Waals surface area contributed by atoms with Crippen LogP contribution in [0.5, 0.6) is 5.75 Å². The van der Waals surface area contributed by atoms with Gasteiger partial charge in [-0.1, -0.05) is 100 Å². The fraction of sp³-hybridized carbons (Fsp3) is 0.571. The number of phenolic OH excluding ortho intramolecular Hbond substituents is 1. The van der Waals surface area contributed by atoms with E-state index in [1.807, 2.05) is 25.1 Å². The van der Waals surface area contributed by atoms with Gasteiger partial charge in [0.2, 0.25) is 0 Å². The molecule has 1 aromatic rings. The van der Waals surface area contributed by atoms with Gasteiger partial charge in [0.15, 0.2) is 0 Å². The Morgan fingerprint density at radius 3 is 1.80 bits per heavy atom. The van der Waals surface area contributed by atoms with Crippen molar-refractivity contribution in [3.8, 4) is 5.75 Å². The van der Waals surface area contributed by atoms with Crippen LogP contribution in [-0.2, 0) is 10.8 Å². The summed E-state index contributed by atoms with van der Waals surface area (Å²) in [5.74, 6) is 0.796. The van der Waals surface area contributed by atoms with Gasteiger partial charge < -0.3 is 10.2 Å². The van der Waals surface area contributed by atoms with E-state index in [0.717, 1.165) is 16.7 Å². The Morgan fingerprint density at radius 2 is 1.43 bits per heavy atom. The van der Waals surface area contributed by atoms with Crippen LogP contribution in [0.4, 0.5) is 0 Å². The summed E-state index contributed by atoms with van der Waals surface area (Å²) in [4.78, 5) is 0. The van der Waals surface area contributed by atoms with E-state index in [2.05, 4.69) is 88.3 Å². The Labute approximate surface area is 185 Å². The summed E-state index contributed by atoms with van der Waals surface area (Å²) in [6.07, 6.45) is 6.00. The van der Waals surface area contributed by atoms with Gasteiger partial charge in [-0.3, -0.25) is 0 Å². The molecule has 0 spiro atoms. The van der Waals surface area contributed by atoms with Crippen LogP contribution >= 0.6 is 0 Å². The third-order valence-corrected chi connectivity index (χ3v) is 5.33. The molecule has 0 unspecified atom stereocenters. The lowest BCUT2D eigenvalue weighted by molar-refractivity contribution is 0.380. The molecule has 168 valence electrons. The van der Waals surface area contributed by atoms with Crippen molar-refractivity contribution in [1.29, 1.82) is 0 Å². The molecule has 2 nitrogen and oxygen atoms in total. The normalized spacial score (nSPS) is 15.2. The molecule has 0 saturated carbocycles. The van der Waals surface area contributed by atoms with Crippen LogP contribution in [0, 0.1) is 11.3 Å². The maximum Gasteiger partial charge on any atom is 0.127 e. The zero-order valence-electron chi connectivity index (χ0n) is 21.4. The van der Waals surface area contributed by atoms with Gasteiger partial charge in [0.25, 0.3) is 0 Å². The number of allylic oxidation sites excluding steroid dienone is 5. The van der Waals surface area contributed by atoms with Gasteiger partial charge in [-0.2, -0.15) is 0 Å². The topological polar surface area (TPSA) is 40.5 Å². The molecule has 1 rings (SSSR count).